The average Bonchev–Trinajstić information content (AvgIpc) is 3.07. The van der Waals surface area contributed by atoms with Crippen LogP contribution in [0.3, 0.4) is 0 Å². The number of rotatable bonds is 6. The van der Waals surface area contributed by atoms with Crippen molar-refractivity contribution in [3.63, 3.8) is 0 Å². The van der Waals surface area contributed by atoms with Crippen molar-refractivity contribution in [2.45, 2.75) is 24.2 Å². The monoisotopic (exact) mass is 361 g/mol. The molecule has 0 saturated heterocycles. The van der Waals surface area contributed by atoms with E-state index < -0.39 is 0 Å². The molecule has 1 aliphatic heterocycles. The number of amides is 1. The van der Waals surface area contributed by atoms with Crippen LogP contribution in [-0.2, 0) is 10.2 Å². The van der Waals surface area contributed by atoms with Crippen LogP contribution in [0.25, 0.3) is 0 Å². The summed E-state index contributed by atoms with van der Waals surface area (Å²) in [5.41, 5.74) is 0.834. The topological polar surface area (TPSA) is 47.6 Å². The van der Waals surface area contributed by atoms with Crippen LogP contribution in [0.4, 0.5) is 4.39 Å². The van der Waals surface area contributed by atoms with E-state index in [1.807, 2.05) is 18.2 Å². The zero-order valence-corrected chi connectivity index (χ0v) is 15.0. The molecule has 0 aliphatic carbocycles. The lowest BCUT2D eigenvalue weighted by Gasteiger charge is -2.26. The number of carbonyl (C=O) groups is 1. The van der Waals surface area contributed by atoms with Gasteiger partial charge >= 0.3 is 0 Å². The predicted molar refractivity (Wildman–Crippen MR) is 95.7 cm³/mol. The van der Waals surface area contributed by atoms with Gasteiger partial charge in [0.15, 0.2) is 11.5 Å². The Morgan fingerprint density at radius 3 is 2.64 bits per heavy atom. The maximum absolute atomic E-state index is 12.9. The predicted octanol–water partition coefficient (Wildman–Crippen LogP) is 3.74. The molecule has 6 heteroatoms. The Labute approximate surface area is 150 Å². The lowest BCUT2D eigenvalue weighted by Crippen LogP contribution is -2.37. The number of thioether (sulfide) groups is 1. The van der Waals surface area contributed by atoms with Crippen molar-refractivity contribution in [3.8, 4) is 11.5 Å². The standard InChI is InChI=1S/C19H20FNO3S/c1-19(2,13-3-8-16-17(9-13)24-12-23-16)11-21-18(22)10-25-15-6-4-14(20)5-7-15/h3-9H,10-12H2,1-2H3,(H,21,22). The van der Waals surface area contributed by atoms with E-state index in [0.29, 0.717) is 12.3 Å². The molecule has 4 nitrogen and oxygen atoms in total. The van der Waals surface area contributed by atoms with E-state index in [2.05, 4.69) is 19.2 Å². The van der Waals surface area contributed by atoms with Gasteiger partial charge in [-0.05, 0) is 42.0 Å². The SMILES string of the molecule is CC(C)(CNC(=O)CSc1ccc(F)cc1)c1ccc2c(c1)OCO2. The Morgan fingerprint density at radius 2 is 1.88 bits per heavy atom. The third-order valence-corrected chi connectivity index (χ3v) is 5.08. The molecule has 0 aromatic heterocycles. The van der Waals surface area contributed by atoms with E-state index in [1.54, 1.807) is 12.1 Å². The van der Waals surface area contributed by atoms with Crippen molar-refractivity contribution in [1.82, 2.24) is 5.32 Å². The Morgan fingerprint density at radius 1 is 1.16 bits per heavy atom. The summed E-state index contributed by atoms with van der Waals surface area (Å²) in [6, 6.07) is 12.0. The minimum absolute atomic E-state index is 0.0526. The highest BCUT2D eigenvalue weighted by molar-refractivity contribution is 8.00. The van der Waals surface area contributed by atoms with Crippen LogP contribution < -0.4 is 14.8 Å². The Hall–Kier alpha value is -2.21. The molecule has 0 fully saturated rings. The van der Waals surface area contributed by atoms with Gasteiger partial charge in [-0.1, -0.05) is 19.9 Å². The fourth-order valence-corrected chi connectivity index (χ4v) is 3.20. The Balaban J connectivity index is 1.52. The van der Waals surface area contributed by atoms with Gasteiger partial charge in [-0.3, -0.25) is 4.79 Å². The third-order valence-electron chi connectivity index (χ3n) is 4.07. The lowest BCUT2D eigenvalue weighted by atomic mass is 9.84. The number of ether oxygens (including phenoxy) is 2. The maximum atomic E-state index is 12.9. The Kier molecular flexibility index (Phi) is 5.18. The fraction of sp³-hybridized carbons (Fsp3) is 0.316. The van der Waals surface area contributed by atoms with Gasteiger partial charge in [0.25, 0.3) is 0 Å². The van der Waals surface area contributed by atoms with Crippen LogP contribution in [0.1, 0.15) is 19.4 Å². The first kappa shape index (κ1) is 17.6. The molecule has 0 atom stereocenters. The van der Waals surface area contributed by atoms with Crippen molar-refractivity contribution in [1.29, 1.82) is 0 Å². The van der Waals surface area contributed by atoms with Gasteiger partial charge < -0.3 is 14.8 Å². The highest BCUT2D eigenvalue weighted by Gasteiger charge is 2.24. The molecule has 0 spiro atoms. The number of benzene rings is 2. The number of halogens is 1. The number of fused-ring (bicyclic) bond motifs is 1. The van der Waals surface area contributed by atoms with Gasteiger partial charge in [0, 0.05) is 16.9 Å². The van der Waals surface area contributed by atoms with Crippen molar-refractivity contribution in [2.24, 2.45) is 0 Å². The molecule has 1 N–H and O–H groups in total. The zero-order valence-electron chi connectivity index (χ0n) is 14.2. The summed E-state index contributed by atoms with van der Waals surface area (Å²) in [6.45, 7) is 4.89. The average molecular weight is 361 g/mol. The van der Waals surface area contributed by atoms with Crippen LogP contribution in [0.15, 0.2) is 47.4 Å². The van der Waals surface area contributed by atoms with Gasteiger partial charge in [-0.25, -0.2) is 4.39 Å². The molecule has 1 heterocycles. The molecular formula is C19H20FNO3S. The molecule has 132 valence electrons. The van der Waals surface area contributed by atoms with Gasteiger partial charge in [-0.15, -0.1) is 11.8 Å². The molecule has 0 radical (unpaired) electrons. The van der Waals surface area contributed by atoms with Crippen molar-refractivity contribution in [3.05, 3.63) is 53.8 Å². The molecule has 0 saturated carbocycles. The van der Waals surface area contributed by atoms with Crippen LogP contribution in [0.5, 0.6) is 11.5 Å². The van der Waals surface area contributed by atoms with E-state index in [0.717, 1.165) is 22.0 Å². The summed E-state index contributed by atoms with van der Waals surface area (Å²) in [5.74, 6) is 1.45. The molecular weight excluding hydrogens is 341 g/mol. The van der Waals surface area contributed by atoms with Gasteiger partial charge in [0.05, 0.1) is 5.75 Å². The molecule has 2 aromatic rings. The fourth-order valence-electron chi connectivity index (χ4n) is 2.47. The quantitative estimate of drug-likeness (QED) is 0.797. The second-order valence-electron chi connectivity index (χ2n) is 6.47. The lowest BCUT2D eigenvalue weighted by molar-refractivity contribution is -0.118. The summed E-state index contributed by atoms with van der Waals surface area (Å²) < 4.78 is 23.6. The van der Waals surface area contributed by atoms with Crippen LogP contribution in [-0.4, -0.2) is 25.0 Å². The highest BCUT2D eigenvalue weighted by Crippen LogP contribution is 2.36. The van der Waals surface area contributed by atoms with Crippen molar-refractivity contribution in [2.75, 3.05) is 19.1 Å². The second kappa shape index (κ2) is 7.35. The van der Waals surface area contributed by atoms with E-state index in [1.165, 1.54) is 23.9 Å². The molecule has 0 unspecified atom stereocenters. The molecule has 2 aromatic carbocycles. The van der Waals surface area contributed by atoms with E-state index in [-0.39, 0.29) is 23.9 Å². The van der Waals surface area contributed by atoms with E-state index >= 15 is 0 Å². The van der Waals surface area contributed by atoms with Crippen LogP contribution >= 0.6 is 11.8 Å². The largest absolute Gasteiger partial charge is 0.454 e. The van der Waals surface area contributed by atoms with E-state index in [4.69, 9.17) is 9.47 Å². The number of nitrogens with one attached hydrogen (secondary N) is 1. The molecule has 25 heavy (non-hydrogen) atoms. The summed E-state index contributed by atoms with van der Waals surface area (Å²) >= 11 is 1.38. The van der Waals surface area contributed by atoms with Gasteiger partial charge in [0.2, 0.25) is 12.7 Å². The summed E-state index contributed by atoms with van der Waals surface area (Å²) in [6.07, 6.45) is 0. The van der Waals surface area contributed by atoms with Crippen LogP contribution in [0, 0.1) is 5.82 Å². The maximum Gasteiger partial charge on any atom is 0.231 e. The van der Waals surface area contributed by atoms with Gasteiger partial charge in [-0.2, -0.15) is 0 Å². The number of carbonyl (C=O) groups excluding carboxylic acids is 1. The van der Waals surface area contributed by atoms with Crippen molar-refractivity contribution >= 4 is 17.7 Å². The summed E-state index contributed by atoms with van der Waals surface area (Å²) in [4.78, 5) is 13.0. The molecule has 1 amide bonds. The first-order valence-corrected chi connectivity index (χ1v) is 8.98. The summed E-state index contributed by atoms with van der Waals surface area (Å²) in [7, 11) is 0. The second-order valence-corrected chi connectivity index (χ2v) is 7.52. The minimum Gasteiger partial charge on any atom is -0.454 e. The van der Waals surface area contributed by atoms with E-state index in [9.17, 15) is 9.18 Å². The molecule has 0 bridgehead atoms. The number of hydrogen-bond donors (Lipinski definition) is 1. The third kappa shape index (κ3) is 4.45. The van der Waals surface area contributed by atoms with Crippen LogP contribution in [0.2, 0.25) is 0 Å². The van der Waals surface area contributed by atoms with Crippen molar-refractivity contribution < 1.29 is 18.7 Å². The van der Waals surface area contributed by atoms with Gasteiger partial charge in [0.1, 0.15) is 5.82 Å². The number of hydrogen-bond acceptors (Lipinski definition) is 4. The molecule has 1 aliphatic rings. The Bertz CT molecular complexity index is 762. The first-order valence-electron chi connectivity index (χ1n) is 7.99. The zero-order chi connectivity index (χ0) is 17.9. The smallest absolute Gasteiger partial charge is 0.231 e. The highest BCUT2D eigenvalue weighted by atomic mass is 32.2. The normalized spacial score (nSPS) is 12.9. The molecule has 3 rings (SSSR count). The minimum atomic E-state index is -0.278. The summed E-state index contributed by atoms with van der Waals surface area (Å²) in [5, 5.41) is 2.96. The first-order chi connectivity index (χ1) is 11.9.